The summed E-state index contributed by atoms with van der Waals surface area (Å²) in [5.41, 5.74) is 0.554. The van der Waals surface area contributed by atoms with Crippen molar-refractivity contribution in [3.63, 3.8) is 0 Å². The molecule has 0 aliphatic heterocycles. The second-order valence-electron chi connectivity index (χ2n) is 3.81. The van der Waals surface area contributed by atoms with Gasteiger partial charge in [0, 0.05) is 18.3 Å². The van der Waals surface area contributed by atoms with Crippen LogP contribution in [0.1, 0.15) is 30.6 Å². The fourth-order valence-electron chi connectivity index (χ4n) is 1.12. The minimum atomic E-state index is -0.0973. The molecule has 82 valence electrons. The van der Waals surface area contributed by atoms with Gasteiger partial charge in [-0.15, -0.1) is 0 Å². The highest BCUT2D eigenvalue weighted by Gasteiger charge is 2.05. The summed E-state index contributed by atoms with van der Waals surface area (Å²) < 4.78 is 0. The number of aromatic nitrogens is 1. The Labute approximate surface area is 94.9 Å². The van der Waals surface area contributed by atoms with Gasteiger partial charge in [0.1, 0.15) is 5.15 Å². The van der Waals surface area contributed by atoms with Crippen molar-refractivity contribution in [2.75, 3.05) is 6.54 Å². The van der Waals surface area contributed by atoms with Crippen LogP contribution in [0.3, 0.4) is 0 Å². The van der Waals surface area contributed by atoms with Gasteiger partial charge in [0.05, 0.1) is 0 Å². The molecule has 1 aromatic heterocycles. The molecule has 1 heterocycles. The second kappa shape index (κ2) is 5.71. The topological polar surface area (TPSA) is 42.0 Å². The van der Waals surface area contributed by atoms with Crippen LogP contribution in [-0.4, -0.2) is 17.4 Å². The molecule has 0 aromatic carbocycles. The molecule has 0 fully saturated rings. The van der Waals surface area contributed by atoms with Crippen molar-refractivity contribution in [3.8, 4) is 0 Å². The third-order valence-electron chi connectivity index (χ3n) is 2.00. The number of nitrogens with zero attached hydrogens (tertiary/aromatic N) is 1. The number of hydrogen-bond acceptors (Lipinski definition) is 2. The highest BCUT2D eigenvalue weighted by Crippen LogP contribution is 2.06. The number of carbonyl (C=O) groups excluding carboxylic acids is 1. The van der Waals surface area contributed by atoms with Crippen molar-refractivity contribution in [2.45, 2.75) is 20.3 Å². The Kier molecular flexibility index (Phi) is 4.56. The Bertz CT molecular complexity index is 339. The zero-order valence-electron chi connectivity index (χ0n) is 8.96. The van der Waals surface area contributed by atoms with Gasteiger partial charge in [-0.2, -0.15) is 0 Å². The van der Waals surface area contributed by atoms with Crippen molar-refractivity contribution in [3.05, 3.63) is 29.0 Å². The molecule has 1 amide bonds. The molecule has 1 rings (SSSR count). The number of amides is 1. The first-order chi connectivity index (χ1) is 7.09. The van der Waals surface area contributed by atoms with Crippen LogP contribution in [-0.2, 0) is 0 Å². The minimum absolute atomic E-state index is 0.0973. The normalized spacial score (nSPS) is 10.4. The number of hydrogen-bond donors (Lipinski definition) is 1. The molecule has 0 atom stereocenters. The Morgan fingerprint density at radius 2 is 2.33 bits per heavy atom. The standard InChI is InChI=1S/C11H15ClN2O/c1-8(2)3-5-14-11(15)9-4-6-13-10(12)7-9/h4,6-8H,3,5H2,1-2H3,(H,14,15). The van der Waals surface area contributed by atoms with Crippen LogP contribution in [0.25, 0.3) is 0 Å². The number of halogens is 1. The number of nitrogens with one attached hydrogen (secondary N) is 1. The molecule has 0 aliphatic carbocycles. The third kappa shape index (κ3) is 4.30. The van der Waals surface area contributed by atoms with E-state index in [1.807, 2.05) is 0 Å². The molecule has 15 heavy (non-hydrogen) atoms. The summed E-state index contributed by atoms with van der Waals surface area (Å²) in [7, 11) is 0. The molecule has 0 saturated heterocycles. The molecule has 0 bridgehead atoms. The van der Waals surface area contributed by atoms with Crippen molar-refractivity contribution in [1.82, 2.24) is 10.3 Å². The van der Waals surface area contributed by atoms with Gasteiger partial charge in [0.2, 0.25) is 0 Å². The van der Waals surface area contributed by atoms with Gasteiger partial charge in [-0.3, -0.25) is 4.79 Å². The predicted octanol–water partition coefficient (Wildman–Crippen LogP) is 2.51. The fourth-order valence-corrected chi connectivity index (χ4v) is 1.29. The Morgan fingerprint density at radius 3 is 2.93 bits per heavy atom. The SMILES string of the molecule is CC(C)CCNC(=O)c1ccnc(Cl)c1. The van der Waals surface area contributed by atoms with Gasteiger partial charge < -0.3 is 5.32 Å². The van der Waals surface area contributed by atoms with Crippen molar-refractivity contribution >= 4 is 17.5 Å². The average molecular weight is 227 g/mol. The van der Waals surface area contributed by atoms with Gasteiger partial charge in [-0.1, -0.05) is 25.4 Å². The van der Waals surface area contributed by atoms with E-state index in [1.54, 1.807) is 12.1 Å². The highest BCUT2D eigenvalue weighted by molar-refractivity contribution is 6.29. The smallest absolute Gasteiger partial charge is 0.251 e. The van der Waals surface area contributed by atoms with E-state index in [2.05, 4.69) is 24.1 Å². The lowest BCUT2D eigenvalue weighted by molar-refractivity contribution is 0.0952. The van der Waals surface area contributed by atoms with Crippen LogP contribution < -0.4 is 5.32 Å². The van der Waals surface area contributed by atoms with E-state index >= 15 is 0 Å². The van der Waals surface area contributed by atoms with E-state index in [1.165, 1.54) is 6.20 Å². The van der Waals surface area contributed by atoms with Gasteiger partial charge in [-0.25, -0.2) is 4.98 Å². The number of pyridine rings is 1. The lowest BCUT2D eigenvalue weighted by Crippen LogP contribution is -2.25. The van der Waals surface area contributed by atoms with Crippen LogP contribution in [0.5, 0.6) is 0 Å². The molecule has 3 nitrogen and oxygen atoms in total. The molecular weight excluding hydrogens is 212 g/mol. The lowest BCUT2D eigenvalue weighted by Gasteiger charge is -2.06. The van der Waals surface area contributed by atoms with Gasteiger partial charge in [0.15, 0.2) is 0 Å². The van der Waals surface area contributed by atoms with E-state index in [9.17, 15) is 4.79 Å². The van der Waals surface area contributed by atoms with Gasteiger partial charge in [0.25, 0.3) is 5.91 Å². The summed E-state index contributed by atoms with van der Waals surface area (Å²) in [5, 5.41) is 3.17. The molecule has 1 N–H and O–H groups in total. The third-order valence-corrected chi connectivity index (χ3v) is 2.20. The summed E-state index contributed by atoms with van der Waals surface area (Å²) in [5.74, 6) is 0.492. The van der Waals surface area contributed by atoms with E-state index in [0.29, 0.717) is 23.2 Å². The number of carbonyl (C=O) groups is 1. The first kappa shape index (κ1) is 12.0. The number of rotatable bonds is 4. The van der Waals surface area contributed by atoms with Crippen LogP contribution in [0.15, 0.2) is 18.3 Å². The highest BCUT2D eigenvalue weighted by atomic mass is 35.5. The zero-order chi connectivity index (χ0) is 11.3. The van der Waals surface area contributed by atoms with E-state index < -0.39 is 0 Å². The van der Waals surface area contributed by atoms with Crippen LogP contribution in [0.2, 0.25) is 5.15 Å². The molecule has 0 aliphatic rings. The quantitative estimate of drug-likeness (QED) is 0.802. The monoisotopic (exact) mass is 226 g/mol. The summed E-state index contributed by atoms with van der Waals surface area (Å²) in [6.45, 7) is 4.93. The van der Waals surface area contributed by atoms with E-state index in [4.69, 9.17) is 11.6 Å². The molecule has 0 spiro atoms. The predicted molar refractivity (Wildman–Crippen MR) is 61.0 cm³/mol. The first-order valence-corrected chi connectivity index (χ1v) is 5.37. The lowest BCUT2D eigenvalue weighted by atomic mass is 10.1. The summed E-state index contributed by atoms with van der Waals surface area (Å²) >= 11 is 5.68. The van der Waals surface area contributed by atoms with Crippen molar-refractivity contribution in [2.24, 2.45) is 5.92 Å². The Balaban J connectivity index is 2.47. The largest absolute Gasteiger partial charge is 0.352 e. The zero-order valence-corrected chi connectivity index (χ0v) is 9.71. The first-order valence-electron chi connectivity index (χ1n) is 4.99. The van der Waals surface area contributed by atoms with Gasteiger partial charge in [-0.05, 0) is 24.5 Å². The molecule has 0 saturated carbocycles. The van der Waals surface area contributed by atoms with Crippen LogP contribution in [0.4, 0.5) is 0 Å². The van der Waals surface area contributed by atoms with E-state index in [-0.39, 0.29) is 5.91 Å². The maximum atomic E-state index is 11.6. The molecule has 1 aromatic rings. The van der Waals surface area contributed by atoms with E-state index in [0.717, 1.165) is 6.42 Å². The maximum Gasteiger partial charge on any atom is 0.251 e. The van der Waals surface area contributed by atoms with Crippen LogP contribution >= 0.6 is 11.6 Å². The molecule has 0 unspecified atom stereocenters. The minimum Gasteiger partial charge on any atom is -0.352 e. The summed E-state index contributed by atoms with van der Waals surface area (Å²) in [6.07, 6.45) is 2.50. The maximum absolute atomic E-state index is 11.6. The average Bonchev–Trinajstić information content (AvgIpc) is 2.17. The Morgan fingerprint density at radius 1 is 1.60 bits per heavy atom. The van der Waals surface area contributed by atoms with Crippen molar-refractivity contribution < 1.29 is 4.79 Å². The van der Waals surface area contributed by atoms with Gasteiger partial charge >= 0.3 is 0 Å². The molecule has 0 radical (unpaired) electrons. The fraction of sp³-hybridized carbons (Fsp3) is 0.455. The Hall–Kier alpha value is -1.09. The van der Waals surface area contributed by atoms with Crippen molar-refractivity contribution in [1.29, 1.82) is 0 Å². The molecular formula is C11H15ClN2O. The van der Waals surface area contributed by atoms with Crippen LogP contribution in [0, 0.1) is 5.92 Å². The second-order valence-corrected chi connectivity index (χ2v) is 4.19. The molecule has 4 heteroatoms. The summed E-state index contributed by atoms with van der Waals surface area (Å²) in [6, 6.07) is 3.21. The summed E-state index contributed by atoms with van der Waals surface area (Å²) in [4.78, 5) is 15.4.